The van der Waals surface area contributed by atoms with E-state index in [4.69, 9.17) is 5.73 Å². The second kappa shape index (κ2) is 5.49. The van der Waals surface area contributed by atoms with E-state index >= 15 is 0 Å². The Kier molecular flexibility index (Phi) is 4.51. The molecule has 1 unspecified atom stereocenters. The molecule has 0 aromatic heterocycles. The summed E-state index contributed by atoms with van der Waals surface area (Å²) in [5.41, 5.74) is 5.36. The van der Waals surface area contributed by atoms with Crippen molar-refractivity contribution in [3.63, 3.8) is 0 Å². The molecule has 0 aliphatic heterocycles. The van der Waals surface area contributed by atoms with Gasteiger partial charge in [-0.2, -0.15) is 0 Å². The molecular formula is C12H22N2O3. The smallest absolute Gasteiger partial charge is 0.310 e. The number of ether oxygens (including phenoxy) is 1. The van der Waals surface area contributed by atoms with E-state index in [9.17, 15) is 9.59 Å². The fraction of sp³-hybridized carbons (Fsp3) is 0.833. The largest absolute Gasteiger partial charge is 0.469 e. The maximum atomic E-state index is 12.2. The molecule has 0 saturated heterocycles. The summed E-state index contributed by atoms with van der Waals surface area (Å²) in [5, 5.41) is 0. The van der Waals surface area contributed by atoms with Crippen molar-refractivity contribution in [3.05, 3.63) is 0 Å². The maximum absolute atomic E-state index is 12.2. The third kappa shape index (κ3) is 3.19. The van der Waals surface area contributed by atoms with Crippen molar-refractivity contribution < 1.29 is 14.3 Å². The lowest BCUT2D eigenvalue weighted by atomic mass is 9.97. The summed E-state index contributed by atoms with van der Waals surface area (Å²) >= 11 is 0. The average Bonchev–Trinajstić information content (AvgIpc) is 2.75. The molecule has 1 aliphatic rings. The molecule has 0 spiro atoms. The van der Waals surface area contributed by atoms with Crippen LogP contribution >= 0.6 is 0 Å². The summed E-state index contributed by atoms with van der Waals surface area (Å²) in [5.74, 6) is -0.688. The van der Waals surface area contributed by atoms with Gasteiger partial charge >= 0.3 is 5.97 Å². The molecule has 0 heterocycles. The number of carbonyl (C=O) groups excluding carboxylic acids is 2. The predicted molar refractivity (Wildman–Crippen MR) is 64.2 cm³/mol. The van der Waals surface area contributed by atoms with Crippen LogP contribution < -0.4 is 5.73 Å². The second-order valence-electron chi connectivity index (χ2n) is 4.97. The third-order valence-electron chi connectivity index (χ3n) is 3.42. The van der Waals surface area contributed by atoms with E-state index in [0.29, 0.717) is 6.54 Å². The molecule has 0 aromatic carbocycles. The van der Waals surface area contributed by atoms with Crippen molar-refractivity contribution in [3.8, 4) is 0 Å². The van der Waals surface area contributed by atoms with Crippen LogP contribution in [0, 0.1) is 5.92 Å². The number of nitrogens with zero attached hydrogens (tertiary/aromatic N) is 1. The summed E-state index contributed by atoms with van der Waals surface area (Å²) in [7, 11) is 3.04. The molecular weight excluding hydrogens is 220 g/mol. The van der Waals surface area contributed by atoms with Crippen LogP contribution in [0.3, 0.4) is 0 Å². The summed E-state index contributed by atoms with van der Waals surface area (Å²) in [6.07, 6.45) is 3.48. The van der Waals surface area contributed by atoms with Crippen LogP contribution in [0.25, 0.3) is 0 Å². The Morgan fingerprint density at radius 1 is 1.41 bits per heavy atom. The molecule has 1 saturated carbocycles. The van der Waals surface area contributed by atoms with Gasteiger partial charge in [0, 0.05) is 13.6 Å². The van der Waals surface area contributed by atoms with E-state index in [1.807, 2.05) is 0 Å². The first-order valence-electron chi connectivity index (χ1n) is 6.03. The zero-order valence-electron chi connectivity index (χ0n) is 10.9. The van der Waals surface area contributed by atoms with E-state index < -0.39 is 5.54 Å². The van der Waals surface area contributed by atoms with E-state index in [1.54, 1.807) is 18.9 Å². The number of hydrogen-bond donors (Lipinski definition) is 1. The number of likely N-dealkylation sites (N-methyl/N-ethyl adjacent to an activating group) is 1. The first-order chi connectivity index (χ1) is 7.90. The quantitative estimate of drug-likeness (QED) is 0.730. The van der Waals surface area contributed by atoms with Gasteiger partial charge in [-0.1, -0.05) is 19.8 Å². The van der Waals surface area contributed by atoms with Crippen molar-refractivity contribution in [2.45, 2.75) is 38.1 Å². The van der Waals surface area contributed by atoms with Gasteiger partial charge in [0.2, 0.25) is 5.91 Å². The molecule has 1 amide bonds. The Morgan fingerprint density at radius 2 is 1.94 bits per heavy atom. The van der Waals surface area contributed by atoms with Crippen LogP contribution in [0.1, 0.15) is 32.6 Å². The molecule has 1 fully saturated rings. The number of esters is 1. The minimum Gasteiger partial charge on any atom is -0.469 e. The number of methoxy groups -OCH3 is 1. The lowest BCUT2D eigenvalue weighted by Gasteiger charge is -2.29. The Bertz CT molecular complexity index is 298. The van der Waals surface area contributed by atoms with Crippen LogP contribution in [0.5, 0.6) is 0 Å². The second-order valence-corrected chi connectivity index (χ2v) is 4.97. The predicted octanol–water partition coefficient (Wildman–Crippen LogP) is 0.525. The lowest BCUT2D eigenvalue weighted by molar-refractivity contribution is -0.146. The number of rotatable bonds is 4. The van der Waals surface area contributed by atoms with Gasteiger partial charge in [0.1, 0.15) is 0 Å². The van der Waals surface area contributed by atoms with Crippen LogP contribution in [0.15, 0.2) is 0 Å². The van der Waals surface area contributed by atoms with Gasteiger partial charge in [-0.15, -0.1) is 0 Å². The maximum Gasteiger partial charge on any atom is 0.310 e. The normalized spacial score (nSPS) is 19.8. The fourth-order valence-corrected chi connectivity index (χ4v) is 2.37. The number of hydrogen-bond acceptors (Lipinski definition) is 4. The summed E-state index contributed by atoms with van der Waals surface area (Å²) < 4.78 is 4.64. The van der Waals surface area contributed by atoms with Crippen LogP contribution in [-0.2, 0) is 14.3 Å². The third-order valence-corrected chi connectivity index (χ3v) is 3.42. The monoisotopic (exact) mass is 242 g/mol. The van der Waals surface area contributed by atoms with E-state index in [-0.39, 0.29) is 17.8 Å². The topological polar surface area (TPSA) is 72.6 Å². The van der Waals surface area contributed by atoms with Crippen molar-refractivity contribution in [2.24, 2.45) is 11.7 Å². The molecule has 5 nitrogen and oxygen atoms in total. The average molecular weight is 242 g/mol. The SMILES string of the molecule is COC(=O)C(C)CN(C)C(=O)C1(N)CCCC1. The van der Waals surface area contributed by atoms with E-state index in [2.05, 4.69) is 4.74 Å². The van der Waals surface area contributed by atoms with Crippen molar-refractivity contribution in [1.82, 2.24) is 4.90 Å². The highest BCUT2D eigenvalue weighted by Gasteiger charge is 2.39. The first kappa shape index (κ1) is 14.0. The van der Waals surface area contributed by atoms with E-state index in [0.717, 1.165) is 25.7 Å². The molecule has 1 atom stereocenters. The first-order valence-corrected chi connectivity index (χ1v) is 6.03. The minimum absolute atomic E-state index is 0.0641. The van der Waals surface area contributed by atoms with E-state index in [1.165, 1.54) is 7.11 Å². The molecule has 1 rings (SSSR count). The van der Waals surface area contributed by atoms with Crippen molar-refractivity contribution in [1.29, 1.82) is 0 Å². The zero-order chi connectivity index (χ0) is 13.1. The number of amides is 1. The Hall–Kier alpha value is -1.10. The standard InChI is InChI=1S/C12H22N2O3/c1-9(10(15)17-3)8-14(2)11(16)12(13)6-4-5-7-12/h9H,4-8,13H2,1-3H3. The summed E-state index contributed by atoms with van der Waals surface area (Å²) in [6.45, 7) is 2.10. The van der Waals surface area contributed by atoms with Gasteiger partial charge in [-0.3, -0.25) is 9.59 Å². The summed E-state index contributed by atoms with van der Waals surface area (Å²) in [4.78, 5) is 25.0. The number of nitrogens with two attached hydrogens (primary N) is 1. The molecule has 5 heteroatoms. The molecule has 1 aliphatic carbocycles. The molecule has 2 N–H and O–H groups in total. The Labute approximate surface area is 102 Å². The fourth-order valence-electron chi connectivity index (χ4n) is 2.37. The van der Waals surface area contributed by atoms with Crippen LogP contribution in [0.2, 0.25) is 0 Å². The van der Waals surface area contributed by atoms with Crippen molar-refractivity contribution in [2.75, 3.05) is 20.7 Å². The summed E-state index contributed by atoms with van der Waals surface area (Å²) in [6, 6.07) is 0. The van der Waals surface area contributed by atoms with Crippen LogP contribution in [0.4, 0.5) is 0 Å². The van der Waals surface area contributed by atoms with Gasteiger partial charge in [0.25, 0.3) is 0 Å². The van der Waals surface area contributed by atoms with Crippen molar-refractivity contribution >= 4 is 11.9 Å². The highest BCUT2D eigenvalue weighted by molar-refractivity contribution is 5.86. The van der Waals surface area contributed by atoms with Crippen LogP contribution in [-0.4, -0.2) is 43.0 Å². The molecule has 98 valence electrons. The number of carbonyl (C=O) groups is 2. The highest BCUT2D eigenvalue weighted by Crippen LogP contribution is 2.28. The highest BCUT2D eigenvalue weighted by atomic mass is 16.5. The molecule has 0 bridgehead atoms. The molecule has 0 aromatic rings. The van der Waals surface area contributed by atoms with Gasteiger partial charge in [0.15, 0.2) is 0 Å². The Balaban J connectivity index is 2.55. The molecule has 17 heavy (non-hydrogen) atoms. The Morgan fingerprint density at radius 3 is 2.41 bits per heavy atom. The molecule has 0 radical (unpaired) electrons. The van der Waals surface area contributed by atoms with Gasteiger partial charge in [-0.05, 0) is 12.8 Å². The van der Waals surface area contributed by atoms with Gasteiger partial charge in [-0.25, -0.2) is 0 Å². The van der Waals surface area contributed by atoms with Gasteiger partial charge < -0.3 is 15.4 Å². The lowest BCUT2D eigenvalue weighted by Crippen LogP contribution is -2.53. The van der Waals surface area contributed by atoms with Gasteiger partial charge in [0.05, 0.1) is 18.6 Å². The zero-order valence-corrected chi connectivity index (χ0v) is 10.9. The minimum atomic E-state index is -0.718.